The third kappa shape index (κ3) is 3.38. The Bertz CT molecular complexity index is 1070. The molecule has 0 spiro atoms. The Morgan fingerprint density at radius 1 is 1.21 bits per heavy atom. The number of hydrogen-bond acceptors (Lipinski definition) is 6. The Kier molecular flexibility index (Phi) is 4.87. The second-order valence-electron chi connectivity index (χ2n) is 6.50. The number of nitrogens with zero attached hydrogens (tertiary/aromatic N) is 2. The number of ketones is 1. The summed E-state index contributed by atoms with van der Waals surface area (Å²) in [6, 6.07) is 14.7. The van der Waals surface area contributed by atoms with Gasteiger partial charge in [0.05, 0.1) is 37.2 Å². The Labute approximate surface area is 166 Å². The van der Waals surface area contributed by atoms with E-state index in [2.05, 4.69) is 4.98 Å². The Morgan fingerprint density at radius 2 is 2.07 bits per heavy atom. The van der Waals surface area contributed by atoms with Crippen LogP contribution in [0.1, 0.15) is 27.9 Å². The first-order valence-corrected chi connectivity index (χ1v) is 8.96. The number of Topliss-reactive ketones (excluding diaryl/α,β-unsaturated/α-hetero) is 1. The van der Waals surface area contributed by atoms with Crippen LogP contribution in [0.2, 0.25) is 0 Å². The number of ether oxygens (including phenoxy) is 1. The normalized spacial score (nSPS) is 16.4. The van der Waals surface area contributed by atoms with E-state index in [4.69, 9.17) is 9.15 Å². The average Bonchev–Trinajstić information content (AvgIpc) is 3.37. The van der Waals surface area contributed by atoms with Gasteiger partial charge in [-0.3, -0.25) is 14.6 Å². The van der Waals surface area contributed by atoms with Crippen molar-refractivity contribution in [3.8, 4) is 5.75 Å². The number of furan rings is 1. The number of amides is 1. The van der Waals surface area contributed by atoms with Crippen molar-refractivity contribution >= 4 is 11.7 Å². The van der Waals surface area contributed by atoms with E-state index in [1.54, 1.807) is 48.7 Å². The molecule has 3 heterocycles. The Morgan fingerprint density at radius 3 is 2.76 bits per heavy atom. The topological polar surface area (TPSA) is 92.9 Å². The highest BCUT2D eigenvalue weighted by Gasteiger charge is 2.44. The van der Waals surface area contributed by atoms with Crippen molar-refractivity contribution < 1.29 is 23.8 Å². The van der Waals surface area contributed by atoms with Crippen LogP contribution in [0.15, 0.2) is 82.8 Å². The highest BCUT2D eigenvalue weighted by Crippen LogP contribution is 2.40. The molecule has 3 aromatic rings. The molecule has 0 aliphatic carbocycles. The Balaban J connectivity index is 1.81. The van der Waals surface area contributed by atoms with Crippen LogP contribution < -0.4 is 4.74 Å². The second-order valence-corrected chi connectivity index (χ2v) is 6.50. The monoisotopic (exact) mass is 390 g/mol. The molecule has 2 aromatic heterocycles. The highest BCUT2D eigenvalue weighted by molar-refractivity contribution is 6.15. The summed E-state index contributed by atoms with van der Waals surface area (Å²) in [5, 5.41) is 10.6. The molecule has 1 atom stereocenters. The number of aliphatic hydroxyl groups excluding tert-OH is 1. The standard InChI is InChI=1S/C22H18N2O5/c1-28-16-8-4-6-14(12-16)19-18(20(25)17-9-5-11-29-17)21(26)22(27)24(19)13-15-7-2-3-10-23-15/h2-12,19,26H,13H2,1H3. The zero-order chi connectivity index (χ0) is 20.4. The van der Waals surface area contributed by atoms with Crippen molar-refractivity contribution in [2.75, 3.05) is 7.11 Å². The molecule has 0 saturated carbocycles. The maximum atomic E-state index is 13.1. The molecule has 1 amide bonds. The first-order chi connectivity index (χ1) is 14.1. The summed E-state index contributed by atoms with van der Waals surface area (Å²) in [6.45, 7) is 0.126. The molecular weight excluding hydrogens is 372 g/mol. The zero-order valence-corrected chi connectivity index (χ0v) is 15.6. The number of carbonyl (C=O) groups excluding carboxylic acids is 2. The van der Waals surface area contributed by atoms with Gasteiger partial charge in [0, 0.05) is 6.20 Å². The molecule has 0 fully saturated rings. The number of aromatic nitrogens is 1. The van der Waals surface area contributed by atoms with Crippen LogP contribution in [0.5, 0.6) is 5.75 Å². The molecule has 1 N–H and O–H groups in total. The molecule has 29 heavy (non-hydrogen) atoms. The van der Waals surface area contributed by atoms with Crippen molar-refractivity contribution in [1.29, 1.82) is 0 Å². The molecule has 1 aliphatic rings. The van der Waals surface area contributed by atoms with E-state index < -0.39 is 23.5 Å². The molecule has 1 aromatic carbocycles. The van der Waals surface area contributed by atoms with Crippen LogP contribution in [-0.2, 0) is 11.3 Å². The van der Waals surface area contributed by atoms with Gasteiger partial charge in [0.1, 0.15) is 5.75 Å². The van der Waals surface area contributed by atoms with Gasteiger partial charge in [-0.15, -0.1) is 0 Å². The van der Waals surface area contributed by atoms with Crippen LogP contribution in [0.4, 0.5) is 0 Å². The molecule has 0 bridgehead atoms. The third-order valence-electron chi connectivity index (χ3n) is 4.76. The molecule has 4 rings (SSSR count). The maximum Gasteiger partial charge on any atom is 0.290 e. The number of hydrogen-bond donors (Lipinski definition) is 1. The van der Waals surface area contributed by atoms with Gasteiger partial charge in [0.2, 0.25) is 5.78 Å². The summed E-state index contributed by atoms with van der Waals surface area (Å²) in [4.78, 5) is 31.7. The van der Waals surface area contributed by atoms with Crippen molar-refractivity contribution in [2.45, 2.75) is 12.6 Å². The van der Waals surface area contributed by atoms with E-state index in [-0.39, 0.29) is 17.9 Å². The van der Waals surface area contributed by atoms with Crippen LogP contribution in [-0.4, -0.2) is 33.8 Å². The third-order valence-corrected chi connectivity index (χ3v) is 4.76. The summed E-state index contributed by atoms with van der Waals surface area (Å²) in [5.74, 6) is -1.15. The summed E-state index contributed by atoms with van der Waals surface area (Å²) < 4.78 is 10.5. The molecule has 146 valence electrons. The summed E-state index contributed by atoms with van der Waals surface area (Å²) in [6.07, 6.45) is 2.99. The zero-order valence-electron chi connectivity index (χ0n) is 15.6. The first kappa shape index (κ1) is 18.5. The van der Waals surface area contributed by atoms with Gasteiger partial charge in [-0.05, 0) is 42.0 Å². The largest absolute Gasteiger partial charge is 0.503 e. The SMILES string of the molecule is COc1cccc(C2C(C(=O)c3ccco3)=C(O)C(=O)N2Cc2ccccn2)c1. The smallest absolute Gasteiger partial charge is 0.290 e. The Hall–Kier alpha value is -3.87. The minimum atomic E-state index is -0.808. The highest BCUT2D eigenvalue weighted by atomic mass is 16.5. The van der Waals surface area contributed by atoms with Gasteiger partial charge in [-0.25, -0.2) is 0 Å². The molecule has 0 radical (unpaired) electrons. The molecule has 0 saturated heterocycles. The van der Waals surface area contributed by atoms with Crippen molar-refractivity contribution in [1.82, 2.24) is 9.88 Å². The molecule has 1 unspecified atom stereocenters. The number of rotatable bonds is 6. The predicted molar refractivity (Wildman–Crippen MR) is 103 cm³/mol. The fourth-order valence-electron chi connectivity index (χ4n) is 3.41. The average molecular weight is 390 g/mol. The summed E-state index contributed by atoms with van der Waals surface area (Å²) >= 11 is 0. The maximum absolute atomic E-state index is 13.1. The quantitative estimate of drug-likeness (QED) is 0.648. The van der Waals surface area contributed by atoms with Crippen LogP contribution in [0, 0.1) is 0 Å². The van der Waals surface area contributed by atoms with Gasteiger partial charge in [0.15, 0.2) is 11.5 Å². The molecule has 7 heteroatoms. The molecular formula is C22H18N2O5. The lowest BCUT2D eigenvalue weighted by molar-refractivity contribution is -0.130. The fraction of sp³-hybridized carbons (Fsp3) is 0.136. The molecule has 7 nitrogen and oxygen atoms in total. The minimum absolute atomic E-state index is 0.0332. The second kappa shape index (κ2) is 7.63. The van der Waals surface area contributed by atoms with E-state index >= 15 is 0 Å². The lowest BCUT2D eigenvalue weighted by Gasteiger charge is -2.26. The first-order valence-electron chi connectivity index (χ1n) is 8.96. The van der Waals surface area contributed by atoms with Crippen LogP contribution in [0.25, 0.3) is 0 Å². The summed E-state index contributed by atoms with van der Waals surface area (Å²) in [5.41, 5.74) is 1.23. The van der Waals surface area contributed by atoms with Gasteiger partial charge >= 0.3 is 0 Å². The van der Waals surface area contributed by atoms with E-state index in [1.807, 2.05) is 6.07 Å². The van der Waals surface area contributed by atoms with E-state index in [9.17, 15) is 14.7 Å². The lowest BCUT2D eigenvalue weighted by atomic mass is 9.95. The number of aliphatic hydroxyl groups is 1. The summed E-state index contributed by atoms with van der Waals surface area (Å²) in [7, 11) is 1.53. The minimum Gasteiger partial charge on any atom is -0.503 e. The van der Waals surface area contributed by atoms with Crippen molar-refractivity contribution in [2.24, 2.45) is 0 Å². The van der Waals surface area contributed by atoms with Crippen molar-refractivity contribution in [3.05, 3.63) is 95.4 Å². The number of benzene rings is 1. The van der Waals surface area contributed by atoms with E-state index in [1.165, 1.54) is 24.3 Å². The van der Waals surface area contributed by atoms with Gasteiger partial charge in [0.25, 0.3) is 5.91 Å². The fourth-order valence-corrected chi connectivity index (χ4v) is 3.41. The predicted octanol–water partition coefficient (Wildman–Crippen LogP) is 3.46. The number of pyridine rings is 1. The van der Waals surface area contributed by atoms with E-state index in [0.717, 1.165) is 0 Å². The van der Waals surface area contributed by atoms with Gasteiger partial charge in [-0.2, -0.15) is 0 Å². The molecule has 1 aliphatic heterocycles. The number of methoxy groups -OCH3 is 1. The number of carbonyl (C=O) groups is 2. The van der Waals surface area contributed by atoms with Crippen LogP contribution in [0.3, 0.4) is 0 Å². The van der Waals surface area contributed by atoms with Crippen LogP contribution >= 0.6 is 0 Å². The van der Waals surface area contributed by atoms with Crippen molar-refractivity contribution in [3.63, 3.8) is 0 Å². The lowest BCUT2D eigenvalue weighted by Crippen LogP contribution is -2.31. The van der Waals surface area contributed by atoms with Gasteiger partial charge in [-0.1, -0.05) is 18.2 Å². The van der Waals surface area contributed by atoms with Gasteiger partial charge < -0.3 is 19.2 Å². The van der Waals surface area contributed by atoms with E-state index in [0.29, 0.717) is 17.0 Å².